The number of rotatable bonds is 5. The van der Waals surface area contributed by atoms with Crippen molar-refractivity contribution < 1.29 is 18.0 Å². The Bertz CT molecular complexity index is 969. The van der Waals surface area contributed by atoms with Gasteiger partial charge in [0.1, 0.15) is 5.69 Å². The van der Waals surface area contributed by atoms with Crippen LogP contribution in [0.5, 0.6) is 0 Å². The molecule has 0 atom stereocenters. The molecule has 0 aliphatic rings. The predicted molar refractivity (Wildman–Crippen MR) is 102 cm³/mol. The van der Waals surface area contributed by atoms with Gasteiger partial charge in [0.15, 0.2) is 0 Å². The van der Waals surface area contributed by atoms with Gasteiger partial charge < -0.3 is 10.6 Å². The highest BCUT2D eigenvalue weighted by Gasteiger charge is 2.30. The van der Waals surface area contributed by atoms with Crippen molar-refractivity contribution in [2.24, 2.45) is 0 Å². The number of nitrogens with zero attached hydrogens (tertiary/aromatic N) is 1. The molecule has 0 radical (unpaired) electrons. The molecule has 0 unspecified atom stereocenters. The first kappa shape index (κ1) is 19.4. The van der Waals surface area contributed by atoms with Crippen molar-refractivity contribution in [2.75, 3.05) is 10.6 Å². The van der Waals surface area contributed by atoms with Gasteiger partial charge in [0.05, 0.1) is 17.4 Å². The molecule has 1 amide bonds. The van der Waals surface area contributed by atoms with E-state index in [1.807, 2.05) is 25.1 Å². The first-order valence-corrected chi connectivity index (χ1v) is 8.55. The Kier molecular flexibility index (Phi) is 5.63. The minimum absolute atomic E-state index is 0.0586. The standard InChI is InChI=1S/C21H18F3N3O/c1-14-4-2-5-15(10-14)12-25-18-8-9-19(26-13-18)20(28)27-17-7-3-6-16(11-17)21(22,23)24/h2-11,13,25H,12H2,1H3,(H,27,28). The first-order valence-electron chi connectivity index (χ1n) is 8.55. The number of aryl methyl sites for hydroxylation is 1. The smallest absolute Gasteiger partial charge is 0.380 e. The highest BCUT2D eigenvalue weighted by molar-refractivity contribution is 6.03. The highest BCUT2D eigenvalue weighted by atomic mass is 19.4. The van der Waals surface area contributed by atoms with Crippen LogP contribution in [0.3, 0.4) is 0 Å². The Morgan fingerprint density at radius 1 is 1.00 bits per heavy atom. The summed E-state index contributed by atoms with van der Waals surface area (Å²) in [6.45, 7) is 2.63. The Hall–Kier alpha value is -3.35. The molecule has 1 aromatic heterocycles. The minimum Gasteiger partial charge on any atom is -0.380 e. The molecule has 4 nitrogen and oxygen atoms in total. The number of nitrogens with one attached hydrogen (secondary N) is 2. The maximum atomic E-state index is 12.8. The fourth-order valence-corrected chi connectivity index (χ4v) is 2.63. The molecule has 2 aromatic carbocycles. The summed E-state index contributed by atoms with van der Waals surface area (Å²) >= 11 is 0. The first-order chi connectivity index (χ1) is 13.3. The van der Waals surface area contributed by atoms with Crippen molar-refractivity contribution in [3.8, 4) is 0 Å². The van der Waals surface area contributed by atoms with Crippen molar-refractivity contribution in [3.05, 3.63) is 89.2 Å². The lowest BCUT2D eigenvalue weighted by Gasteiger charge is -2.10. The molecule has 7 heteroatoms. The molecule has 0 bridgehead atoms. The van der Waals surface area contributed by atoms with Crippen LogP contribution >= 0.6 is 0 Å². The number of aromatic nitrogens is 1. The van der Waals surface area contributed by atoms with Crippen molar-refractivity contribution >= 4 is 17.3 Å². The predicted octanol–water partition coefficient (Wildman–Crippen LogP) is 5.27. The van der Waals surface area contributed by atoms with Crippen LogP contribution < -0.4 is 10.6 Å². The van der Waals surface area contributed by atoms with E-state index in [0.29, 0.717) is 6.54 Å². The number of hydrogen-bond acceptors (Lipinski definition) is 3. The number of benzene rings is 2. The Morgan fingerprint density at radius 2 is 1.79 bits per heavy atom. The third-order valence-corrected chi connectivity index (χ3v) is 4.02. The van der Waals surface area contributed by atoms with E-state index in [2.05, 4.69) is 21.7 Å². The molecule has 2 N–H and O–H groups in total. The summed E-state index contributed by atoms with van der Waals surface area (Å²) in [5, 5.41) is 5.64. The molecule has 0 saturated carbocycles. The van der Waals surface area contributed by atoms with Crippen LogP contribution in [0.25, 0.3) is 0 Å². The fraction of sp³-hybridized carbons (Fsp3) is 0.143. The molecule has 0 saturated heterocycles. The van der Waals surface area contributed by atoms with E-state index in [0.717, 1.165) is 23.4 Å². The monoisotopic (exact) mass is 385 g/mol. The van der Waals surface area contributed by atoms with Crippen molar-refractivity contribution in [1.82, 2.24) is 4.98 Å². The third kappa shape index (κ3) is 5.09. The van der Waals surface area contributed by atoms with Gasteiger partial charge in [-0.05, 0) is 42.8 Å². The third-order valence-electron chi connectivity index (χ3n) is 4.02. The average Bonchev–Trinajstić information content (AvgIpc) is 2.66. The van der Waals surface area contributed by atoms with Gasteiger partial charge in [0, 0.05) is 12.2 Å². The summed E-state index contributed by atoms with van der Waals surface area (Å²) in [6.07, 6.45) is -2.96. The van der Waals surface area contributed by atoms with Gasteiger partial charge in [-0.1, -0.05) is 35.9 Å². The summed E-state index contributed by atoms with van der Waals surface area (Å²) < 4.78 is 38.3. The quantitative estimate of drug-likeness (QED) is 0.629. The maximum absolute atomic E-state index is 12.8. The van der Waals surface area contributed by atoms with Gasteiger partial charge in [-0.15, -0.1) is 0 Å². The molecule has 1 heterocycles. The van der Waals surface area contributed by atoms with E-state index in [1.54, 1.807) is 6.07 Å². The number of carbonyl (C=O) groups is 1. The van der Waals surface area contributed by atoms with Gasteiger partial charge in [-0.2, -0.15) is 13.2 Å². The Morgan fingerprint density at radius 3 is 2.46 bits per heavy atom. The van der Waals surface area contributed by atoms with Crippen LogP contribution in [-0.2, 0) is 12.7 Å². The minimum atomic E-state index is -4.47. The molecule has 0 fully saturated rings. The summed E-state index contributed by atoms with van der Waals surface area (Å²) in [5.41, 5.74) is 2.36. The number of alkyl halides is 3. The van der Waals surface area contributed by atoms with Crippen molar-refractivity contribution in [3.63, 3.8) is 0 Å². The van der Waals surface area contributed by atoms with E-state index in [1.165, 1.54) is 30.0 Å². The number of pyridine rings is 1. The van der Waals surface area contributed by atoms with Crippen molar-refractivity contribution in [1.29, 1.82) is 0 Å². The van der Waals surface area contributed by atoms with E-state index in [4.69, 9.17) is 0 Å². The largest absolute Gasteiger partial charge is 0.416 e. The molecule has 28 heavy (non-hydrogen) atoms. The number of amides is 1. The van der Waals surface area contributed by atoms with E-state index in [9.17, 15) is 18.0 Å². The molecule has 144 valence electrons. The zero-order valence-corrected chi connectivity index (χ0v) is 15.0. The van der Waals surface area contributed by atoms with Crippen LogP contribution in [-0.4, -0.2) is 10.9 Å². The zero-order valence-electron chi connectivity index (χ0n) is 15.0. The number of hydrogen-bond donors (Lipinski definition) is 2. The second-order valence-corrected chi connectivity index (χ2v) is 6.31. The summed E-state index contributed by atoms with van der Waals surface area (Å²) in [6, 6.07) is 15.7. The lowest BCUT2D eigenvalue weighted by Crippen LogP contribution is -2.14. The second kappa shape index (κ2) is 8.12. The van der Waals surface area contributed by atoms with Crippen LogP contribution in [0.15, 0.2) is 66.9 Å². The van der Waals surface area contributed by atoms with Crippen LogP contribution in [0.4, 0.5) is 24.5 Å². The van der Waals surface area contributed by atoms with Crippen LogP contribution in [0, 0.1) is 6.92 Å². The molecular formula is C21H18F3N3O. The highest BCUT2D eigenvalue weighted by Crippen LogP contribution is 2.30. The number of anilines is 2. The zero-order chi connectivity index (χ0) is 20.1. The average molecular weight is 385 g/mol. The summed E-state index contributed by atoms with van der Waals surface area (Å²) in [5.74, 6) is -0.579. The molecular weight excluding hydrogens is 367 g/mol. The molecule has 3 rings (SSSR count). The lowest BCUT2D eigenvalue weighted by molar-refractivity contribution is -0.137. The molecule has 3 aromatic rings. The second-order valence-electron chi connectivity index (χ2n) is 6.31. The van der Waals surface area contributed by atoms with E-state index < -0.39 is 17.6 Å². The summed E-state index contributed by atoms with van der Waals surface area (Å²) in [4.78, 5) is 16.3. The Labute approximate surface area is 160 Å². The van der Waals surface area contributed by atoms with Gasteiger partial charge in [-0.25, -0.2) is 4.98 Å². The Balaban J connectivity index is 1.62. The normalized spacial score (nSPS) is 11.1. The van der Waals surface area contributed by atoms with E-state index >= 15 is 0 Å². The summed E-state index contributed by atoms with van der Waals surface area (Å²) in [7, 11) is 0. The molecule has 0 spiro atoms. The lowest BCUT2D eigenvalue weighted by atomic mass is 10.1. The van der Waals surface area contributed by atoms with Gasteiger partial charge in [0.2, 0.25) is 0 Å². The molecule has 0 aliphatic carbocycles. The topological polar surface area (TPSA) is 54.0 Å². The van der Waals surface area contributed by atoms with Crippen molar-refractivity contribution in [2.45, 2.75) is 19.6 Å². The molecule has 0 aliphatic heterocycles. The van der Waals surface area contributed by atoms with E-state index in [-0.39, 0.29) is 11.4 Å². The fourth-order valence-electron chi connectivity index (χ4n) is 2.63. The van der Waals surface area contributed by atoms with Crippen LogP contribution in [0.2, 0.25) is 0 Å². The van der Waals surface area contributed by atoms with Crippen LogP contribution in [0.1, 0.15) is 27.2 Å². The van der Waals surface area contributed by atoms with Gasteiger partial charge in [-0.3, -0.25) is 4.79 Å². The maximum Gasteiger partial charge on any atom is 0.416 e. The van der Waals surface area contributed by atoms with Gasteiger partial charge >= 0.3 is 6.18 Å². The van der Waals surface area contributed by atoms with Gasteiger partial charge in [0.25, 0.3) is 5.91 Å². The number of carbonyl (C=O) groups excluding carboxylic acids is 1. The SMILES string of the molecule is Cc1cccc(CNc2ccc(C(=O)Nc3cccc(C(F)(F)F)c3)nc2)c1. The number of halogens is 3.